The van der Waals surface area contributed by atoms with Gasteiger partial charge in [-0.15, -0.1) is 0 Å². The van der Waals surface area contributed by atoms with Crippen molar-refractivity contribution >= 4 is 40.6 Å². The molecule has 0 atom stereocenters. The first-order chi connectivity index (χ1) is 13.1. The second kappa shape index (κ2) is 8.51. The van der Waals surface area contributed by atoms with Gasteiger partial charge < -0.3 is 9.30 Å². The number of hydrazone groups is 1. The van der Waals surface area contributed by atoms with Crippen LogP contribution in [0.5, 0.6) is 0 Å². The normalized spacial score (nSPS) is 11.0. The molecular weight excluding hydrogens is 366 g/mol. The molecule has 2 aromatic carbocycles. The maximum Gasteiger partial charge on any atom is 0.325 e. The molecule has 0 aliphatic carbocycles. The first-order valence-corrected chi connectivity index (χ1v) is 8.79. The molecule has 138 valence electrons. The predicted octanol–water partition coefficient (Wildman–Crippen LogP) is 3.62. The summed E-state index contributed by atoms with van der Waals surface area (Å²) in [6.07, 6.45) is 3.34. The number of ether oxygens (including phenoxy) is 1. The van der Waals surface area contributed by atoms with Gasteiger partial charge in [-0.1, -0.05) is 41.9 Å². The van der Waals surface area contributed by atoms with E-state index in [0.717, 1.165) is 16.5 Å². The lowest BCUT2D eigenvalue weighted by Crippen LogP contribution is -2.17. The summed E-state index contributed by atoms with van der Waals surface area (Å²) in [5, 5.41) is 5.30. The Morgan fingerprint density at radius 2 is 1.93 bits per heavy atom. The molecular formula is C20H18ClN3O3. The van der Waals surface area contributed by atoms with Gasteiger partial charge in [-0.25, -0.2) is 5.43 Å². The van der Waals surface area contributed by atoms with Crippen LogP contribution in [0.3, 0.4) is 0 Å². The average molecular weight is 384 g/mol. The van der Waals surface area contributed by atoms with E-state index in [2.05, 4.69) is 10.5 Å². The number of rotatable bonds is 6. The van der Waals surface area contributed by atoms with E-state index in [9.17, 15) is 9.59 Å². The summed E-state index contributed by atoms with van der Waals surface area (Å²) in [5.74, 6) is -0.708. The summed E-state index contributed by atoms with van der Waals surface area (Å²) in [4.78, 5) is 24.0. The highest BCUT2D eigenvalue weighted by Gasteiger charge is 2.11. The van der Waals surface area contributed by atoms with Gasteiger partial charge in [0.2, 0.25) is 0 Å². The molecule has 1 heterocycles. The number of nitrogens with one attached hydrogen (secondary N) is 1. The van der Waals surface area contributed by atoms with Gasteiger partial charge in [0.25, 0.3) is 5.91 Å². The van der Waals surface area contributed by atoms with Crippen molar-refractivity contribution in [3.05, 3.63) is 70.9 Å². The van der Waals surface area contributed by atoms with E-state index in [1.165, 1.54) is 0 Å². The number of fused-ring (bicyclic) bond motifs is 1. The van der Waals surface area contributed by atoms with Crippen LogP contribution in [0.4, 0.5) is 0 Å². The maximum atomic E-state index is 12.2. The van der Waals surface area contributed by atoms with Gasteiger partial charge in [-0.2, -0.15) is 5.10 Å². The van der Waals surface area contributed by atoms with Crippen molar-refractivity contribution in [3.8, 4) is 0 Å². The second-order valence-electron chi connectivity index (χ2n) is 5.71. The van der Waals surface area contributed by atoms with E-state index in [1.807, 2.05) is 24.3 Å². The van der Waals surface area contributed by atoms with Gasteiger partial charge in [0.1, 0.15) is 6.54 Å². The SMILES string of the molecule is CCOC(=O)Cn1cc(/C=N\NC(=O)c2ccccc2Cl)c2ccccc21. The van der Waals surface area contributed by atoms with Gasteiger partial charge in [0, 0.05) is 22.7 Å². The van der Waals surface area contributed by atoms with Gasteiger partial charge in [0.05, 0.1) is 23.4 Å². The van der Waals surface area contributed by atoms with Crippen LogP contribution in [-0.2, 0) is 16.1 Å². The fraction of sp³-hybridized carbons (Fsp3) is 0.150. The molecule has 0 saturated heterocycles. The van der Waals surface area contributed by atoms with Crippen molar-refractivity contribution in [1.82, 2.24) is 9.99 Å². The number of halogens is 1. The van der Waals surface area contributed by atoms with E-state index < -0.39 is 5.91 Å². The second-order valence-corrected chi connectivity index (χ2v) is 6.12. The van der Waals surface area contributed by atoms with E-state index in [-0.39, 0.29) is 12.5 Å². The Morgan fingerprint density at radius 3 is 2.70 bits per heavy atom. The maximum absolute atomic E-state index is 12.2. The summed E-state index contributed by atoms with van der Waals surface area (Å²) in [6.45, 7) is 2.21. The molecule has 27 heavy (non-hydrogen) atoms. The molecule has 0 saturated carbocycles. The van der Waals surface area contributed by atoms with Crippen molar-refractivity contribution in [2.45, 2.75) is 13.5 Å². The fourth-order valence-electron chi connectivity index (χ4n) is 2.72. The number of aromatic nitrogens is 1. The van der Waals surface area contributed by atoms with Crippen LogP contribution in [0.1, 0.15) is 22.8 Å². The molecule has 0 spiro atoms. The van der Waals surface area contributed by atoms with E-state index >= 15 is 0 Å². The number of nitrogens with zero attached hydrogens (tertiary/aromatic N) is 2. The molecule has 0 aliphatic rings. The zero-order valence-electron chi connectivity index (χ0n) is 14.7. The largest absolute Gasteiger partial charge is 0.465 e. The predicted molar refractivity (Wildman–Crippen MR) is 105 cm³/mol. The summed E-state index contributed by atoms with van der Waals surface area (Å²) in [6, 6.07) is 14.4. The van der Waals surface area contributed by atoms with Gasteiger partial charge in [-0.05, 0) is 25.1 Å². The molecule has 0 radical (unpaired) electrons. The standard InChI is InChI=1S/C20H18ClN3O3/c1-2-27-19(25)13-24-12-14(15-7-4-6-10-18(15)24)11-22-23-20(26)16-8-3-5-9-17(16)21/h3-12H,2,13H2,1H3,(H,23,26)/b22-11-. The summed E-state index contributed by atoms with van der Waals surface area (Å²) < 4.78 is 6.81. The molecule has 7 heteroatoms. The van der Waals surface area contributed by atoms with Crippen molar-refractivity contribution in [3.63, 3.8) is 0 Å². The minimum atomic E-state index is -0.396. The van der Waals surface area contributed by atoms with Crippen molar-refractivity contribution < 1.29 is 14.3 Å². The van der Waals surface area contributed by atoms with E-state index in [1.54, 1.807) is 48.2 Å². The minimum absolute atomic E-state index is 0.105. The number of hydrogen-bond donors (Lipinski definition) is 1. The number of carbonyl (C=O) groups excluding carboxylic acids is 2. The monoisotopic (exact) mass is 383 g/mol. The molecule has 0 unspecified atom stereocenters. The van der Waals surface area contributed by atoms with Crippen molar-refractivity contribution in [2.24, 2.45) is 5.10 Å². The van der Waals surface area contributed by atoms with E-state index in [0.29, 0.717) is 17.2 Å². The Balaban J connectivity index is 1.80. The molecule has 1 aromatic heterocycles. The quantitative estimate of drug-likeness (QED) is 0.401. The molecule has 0 bridgehead atoms. The van der Waals surface area contributed by atoms with Crippen LogP contribution in [-0.4, -0.2) is 29.3 Å². The van der Waals surface area contributed by atoms with Crippen LogP contribution in [0.15, 0.2) is 59.8 Å². The number of carbonyl (C=O) groups is 2. The third kappa shape index (κ3) is 4.35. The Hall–Kier alpha value is -3.12. The van der Waals surface area contributed by atoms with Gasteiger partial charge in [-0.3, -0.25) is 9.59 Å². The van der Waals surface area contributed by atoms with Crippen LogP contribution < -0.4 is 5.43 Å². The Kier molecular flexibility index (Phi) is 5.88. The highest BCUT2D eigenvalue weighted by molar-refractivity contribution is 6.33. The number of amides is 1. The average Bonchev–Trinajstić information content (AvgIpc) is 3.00. The third-order valence-corrected chi connectivity index (χ3v) is 4.24. The Labute approximate surface area is 161 Å². The molecule has 6 nitrogen and oxygen atoms in total. The number of esters is 1. The van der Waals surface area contributed by atoms with Crippen molar-refractivity contribution in [2.75, 3.05) is 6.61 Å². The van der Waals surface area contributed by atoms with Gasteiger partial charge in [0.15, 0.2) is 0 Å². The van der Waals surface area contributed by atoms with Crippen molar-refractivity contribution in [1.29, 1.82) is 0 Å². The zero-order valence-corrected chi connectivity index (χ0v) is 15.4. The van der Waals surface area contributed by atoms with Gasteiger partial charge >= 0.3 is 5.97 Å². The van der Waals surface area contributed by atoms with E-state index in [4.69, 9.17) is 16.3 Å². The highest BCUT2D eigenvalue weighted by atomic mass is 35.5. The molecule has 1 N–H and O–H groups in total. The molecule has 0 fully saturated rings. The van der Waals surface area contributed by atoms with Crippen LogP contribution >= 0.6 is 11.6 Å². The lowest BCUT2D eigenvalue weighted by atomic mass is 10.2. The Morgan fingerprint density at radius 1 is 1.19 bits per heavy atom. The Bertz CT molecular complexity index is 1010. The summed E-state index contributed by atoms with van der Waals surface area (Å²) >= 11 is 6.01. The van der Waals surface area contributed by atoms with Crippen LogP contribution in [0.2, 0.25) is 5.02 Å². The lowest BCUT2D eigenvalue weighted by Gasteiger charge is -2.04. The smallest absolute Gasteiger partial charge is 0.325 e. The first-order valence-electron chi connectivity index (χ1n) is 8.41. The number of benzene rings is 2. The molecule has 3 aromatic rings. The third-order valence-electron chi connectivity index (χ3n) is 3.91. The van der Waals surface area contributed by atoms with Crippen LogP contribution in [0, 0.1) is 0 Å². The molecule has 0 aliphatic heterocycles. The molecule has 1 amide bonds. The molecule has 3 rings (SSSR count). The lowest BCUT2D eigenvalue weighted by molar-refractivity contribution is -0.143. The summed E-state index contributed by atoms with van der Waals surface area (Å²) in [5.41, 5.74) is 4.47. The topological polar surface area (TPSA) is 72.7 Å². The van der Waals surface area contributed by atoms with Crippen LogP contribution in [0.25, 0.3) is 10.9 Å². The number of para-hydroxylation sites is 1. The zero-order chi connectivity index (χ0) is 19.2. The highest BCUT2D eigenvalue weighted by Crippen LogP contribution is 2.20. The minimum Gasteiger partial charge on any atom is -0.465 e. The number of hydrogen-bond acceptors (Lipinski definition) is 4. The fourth-order valence-corrected chi connectivity index (χ4v) is 2.94. The first kappa shape index (κ1) is 18.7. The summed E-state index contributed by atoms with van der Waals surface area (Å²) in [7, 11) is 0.